The highest BCUT2D eigenvalue weighted by Crippen LogP contribution is 2.13. The number of aromatic nitrogens is 2. The maximum Gasteiger partial charge on any atom is 0.143 e. The van der Waals surface area contributed by atoms with Gasteiger partial charge < -0.3 is 5.43 Å². The number of nitrogens with one attached hydrogen (secondary N) is 1. The van der Waals surface area contributed by atoms with Crippen molar-refractivity contribution in [2.75, 3.05) is 5.43 Å². The van der Waals surface area contributed by atoms with Crippen LogP contribution in [0.25, 0.3) is 0 Å². The minimum Gasteiger partial charge on any atom is -0.308 e. The van der Waals surface area contributed by atoms with Crippen molar-refractivity contribution in [1.82, 2.24) is 9.97 Å². The first-order valence-corrected chi connectivity index (χ1v) is 5.95. The van der Waals surface area contributed by atoms with Gasteiger partial charge in [-0.3, -0.25) is 0 Å². The minimum atomic E-state index is 0.655. The number of nitrogens with two attached hydrogens (primary N) is 1. The van der Waals surface area contributed by atoms with Gasteiger partial charge in [0, 0.05) is 18.2 Å². The van der Waals surface area contributed by atoms with Crippen LogP contribution in [0.3, 0.4) is 0 Å². The summed E-state index contributed by atoms with van der Waals surface area (Å²) in [5.74, 6) is 6.83. The largest absolute Gasteiger partial charge is 0.308 e. The molecule has 0 bridgehead atoms. The van der Waals surface area contributed by atoms with Gasteiger partial charge in [-0.1, -0.05) is 29.3 Å². The number of hydrogen-bond donors (Lipinski definition) is 2. The Balaban J connectivity index is 2.30. The SMILES string of the molecule is Cc1cc(C)cc(Cc2nc(C)cc(NN)n2)c1. The molecule has 0 atom stereocenters. The number of nitrogens with zero attached hydrogens (tertiary/aromatic N) is 2. The van der Waals surface area contributed by atoms with E-state index in [0.717, 1.165) is 17.9 Å². The number of rotatable bonds is 3. The van der Waals surface area contributed by atoms with Crippen LogP contribution in [0.4, 0.5) is 5.82 Å². The summed E-state index contributed by atoms with van der Waals surface area (Å²) in [5, 5.41) is 0. The van der Waals surface area contributed by atoms with Gasteiger partial charge in [-0.15, -0.1) is 0 Å². The van der Waals surface area contributed by atoms with Gasteiger partial charge in [0.05, 0.1) is 0 Å². The first-order valence-electron chi connectivity index (χ1n) is 5.95. The van der Waals surface area contributed by atoms with E-state index < -0.39 is 0 Å². The summed E-state index contributed by atoms with van der Waals surface area (Å²) in [6, 6.07) is 8.31. The Morgan fingerprint density at radius 2 is 1.67 bits per heavy atom. The molecule has 0 saturated heterocycles. The highest BCUT2D eigenvalue weighted by molar-refractivity contribution is 5.36. The second kappa shape index (κ2) is 5.14. The highest BCUT2D eigenvalue weighted by atomic mass is 15.3. The molecule has 18 heavy (non-hydrogen) atoms. The predicted molar refractivity (Wildman–Crippen MR) is 73.3 cm³/mol. The molecule has 0 saturated carbocycles. The van der Waals surface area contributed by atoms with Crippen LogP contribution in [-0.2, 0) is 6.42 Å². The molecule has 1 aromatic carbocycles. The van der Waals surface area contributed by atoms with Crippen molar-refractivity contribution in [2.45, 2.75) is 27.2 Å². The zero-order valence-electron chi connectivity index (χ0n) is 11.0. The molecule has 1 aromatic heterocycles. The second-order valence-electron chi connectivity index (χ2n) is 4.63. The number of benzene rings is 1. The Morgan fingerprint density at radius 3 is 2.28 bits per heavy atom. The molecule has 4 nitrogen and oxygen atoms in total. The van der Waals surface area contributed by atoms with Gasteiger partial charge in [0.15, 0.2) is 0 Å². The third-order valence-electron chi connectivity index (χ3n) is 2.69. The van der Waals surface area contributed by atoms with Gasteiger partial charge in [0.1, 0.15) is 11.6 Å². The molecule has 1 heterocycles. The first kappa shape index (κ1) is 12.5. The lowest BCUT2D eigenvalue weighted by Gasteiger charge is -2.07. The number of aryl methyl sites for hydroxylation is 3. The molecule has 0 spiro atoms. The molecule has 0 fully saturated rings. The Morgan fingerprint density at radius 1 is 1.00 bits per heavy atom. The molecule has 0 radical (unpaired) electrons. The zero-order chi connectivity index (χ0) is 13.1. The van der Waals surface area contributed by atoms with Crippen LogP contribution < -0.4 is 11.3 Å². The normalized spacial score (nSPS) is 10.4. The molecule has 0 aliphatic carbocycles. The van der Waals surface area contributed by atoms with Crippen molar-refractivity contribution in [3.63, 3.8) is 0 Å². The Kier molecular flexibility index (Phi) is 3.58. The lowest BCUT2D eigenvalue weighted by Crippen LogP contribution is -2.11. The van der Waals surface area contributed by atoms with Crippen LogP contribution in [0, 0.1) is 20.8 Å². The van der Waals surface area contributed by atoms with Crippen LogP contribution in [0.1, 0.15) is 28.2 Å². The number of anilines is 1. The molecular formula is C14H18N4. The molecule has 3 N–H and O–H groups in total. The van der Waals surface area contributed by atoms with Gasteiger partial charge in [-0.2, -0.15) is 0 Å². The smallest absolute Gasteiger partial charge is 0.143 e. The average molecular weight is 242 g/mol. The standard InChI is InChI=1S/C14H18N4/c1-9-4-10(2)6-12(5-9)8-13-16-11(3)7-14(17-13)18-15/h4-7H,8,15H2,1-3H3,(H,16,17,18). The molecule has 2 rings (SSSR count). The maximum atomic E-state index is 5.39. The molecular weight excluding hydrogens is 224 g/mol. The fourth-order valence-corrected chi connectivity index (χ4v) is 2.14. The minimum absolute atomic E-state index is 0.655. The van der Waals surface area contributed by atoms with Crippen molar-refractivity contribution in [2.24, 2.45) is 5.84 Å². The summed E-state index contributed by atoms with van der Waals surface area (Å²) in [7, 11) is 0. The summed E-state index contributed by atoms with van der Waals surface area (Å²) < 4.78 is 0. The second-order valence-corrected chi connectivity index (χ2v) is 4.63. The average Bonchev–Trinajstić information content (AvgIpc) is 2.26. The predicted octanol–water partition coefficient (Wildman–Crippen LogP) is 2.28. The molecule has 0 unspecified atom stereocenters. The van der Waals surface area contributed by atoms with E-state index in [9.17, 15) is 0 Å². The van der Waals surface area contributed by atoms with Gasteiger partial charge in [0.2, 0.25) is 0 Å². The van der Waals surface area contributed by atoms with Crippen molar-refractivity contribution in [3.05, 3.63) is 52.5 Å². The van der Waals surface area contributed by atoms with Crippen LogP contribution in [0.5, 0.6) is 0 Å². The first-order chi connectivity index (χ1) is 8.56. The zero-order valence-corrected chi connectivity index (χ0v) is 11.0. The van der Waals surface area contributed by atoms with E-state index in [2.05, 4.69) is 47.4 Å². The summed E-state index contributed by atoms with van der Waals surface area (Å²) in [6.07, 6.45) is 0.721. The van der Waals surface area contributed by atoms with Crippen molar-refractivity contribution in [3.8, 4) is 0 Å². The van der Waals surface area contributed by atoms with Crippen molar-refractivity contribution >= 4 is 5.82 Å². The lowest BCUT2D eigenvalue weighted by atomic mass is 10.0. The van der Waals surface area contributed by atoms with Crippen LogP contribution in [-0.4, -0.2) is 9.97 Å². The van der Waals surface area contributed by atoms with E-state index in [4.69, 9.17) is 5.84 Å². The van der Waals surface area contributed by atoms with E-state index in [1.54, 1.807) is 0 Å². The van der Waals surface area contributed by atoms with Gasteiger partial charge in [-0.05, 0) is 26.3 Å². The molecule has 0 aliphatic rings. The highest BCUT2D eigenvalue weighted by Gasteiger charge is 2.04. The summed E-state index contributed by atoms with van der Waals surface area (Å²) in [6.45, 7) is 6.13. The van der Waals surface area contributed by atoms with Crippen LogP contribution >= 0.6 is 0 Å². The molecule has 2 aromatic rings. The van der Waals surface area contributed by atoms with E-state index in [-0.39, 0.29) is 0 Å². The Labute approximate surface area is 107 Å². The summed E-state index contributed by atoms with van der Waals surface area (Å²) >= 11 is 0. The molecule has 4 heteroatoms. The molecule has 0 aliphatic heterocycles. The summed E-state index contributed by atoms with van der Waals surface area (Å²) in [4.78, 5) is 8.79. The molecule has 94 valence electrons. The van der Waals surface area contributed by atoms with E-state index in [1.807, 2.05) is 13.0 Å². The number of hydrogen-bond acceptors (Lipinski definition) is 4. The maximum absolute atomic E-state index is 5.39. The third kappa shape index (κ3) is 3.05. The topological polar surface area (TPSA) is 63.8 Å². The Bertz CT molecular complexity index is 543. The van der Waals surface area contributed by atoms with Gasteiger partial charge in [0.25, 0.3) is 0 Å². The van der Waals surface area contributed by atoms with E-state index >= 15 is 0 Å². The van der Waals surface area contributed by atoms with E-state index in [1.165, 1.54) is 16.7 Å². The number of nitrogen functional groups attached to an aromatic ring is 1. The fraction of sp³-hybridized carbons (Fsp3) is 0.286. The summed E-state index contributed by atoms with van der Waals surface area (Å²) in [5.41, 5.74) is 7.22. The monoisotopic (exact) mass is 242 g/mol. The fourth-order valence-electron chi connectivity index (χ4n) is 2.14. The van der Waals surface area contributed by atoms with Crippen LogP contribution in [0.2, 0.25) is 0 Å². The van der Waals surface area contributed by atoms with Crippen molar-refractivity contribution < 1.29 is 0 Å². The number of hydrazine groups is 1. The van der Waals surface area contributed by atoms with Crippen LogP contribution in [0.15, 0.2) is 24.3 Å². The quantitative estimate of drug-likeness (QED) is 0.640. The molecule has 0 amide bonds. The Hall–Kier alpha value is -1.94. The van der Waals surface area contributed by atoms with Gasteiger partial charge >= 0.3 is 0 Å². The lowest BCUT2D eigenvalue weighted by molar-refractivity contribution is 0.938. The van der Waals surface area contributed by atoms with Gasteiger partial charge in [-0.25, -0.2) is 15.8 Å². The van der Waals surface area contributed by atoms with Crippen molar-refractivity contribution in [1.29, 1.82) is 0 Å². The third-order valence-corrected chi connectivity index (χ3v) is 2.69. The van der Waals surface area contributed by atoms with E-state index in [0.29, 0.717) is 5.82 Å².